The van der Waals surface area contributed by atoms with Crippen molar-refractivity contribution >= 4 is 6.09 Å². The molecule has 2 aliphatic rings. The topological polar surface area (TPSA) is 60.0 Å². The second-order valence-corrected chi connectivity index (χ2v) is 10.7. The molecule has 46 heavy (non-hydrogen) atoms. The van der Waals surface area contributed by atoms with E-state index >= 15 is 0 Å². The van der Waals surface area contributed by atoms with E-state index in [-0.39, 0.29) is 34.9 Å². The molecule has 6 nitrogen and oxygen atoms in total. The van der Waals surface area contributed by atoms with Crippen molar-refractivity contribution in [2.24, 2.45) is 11.8 Å². The smallest absolute Gasteiger partial charge is 0.416 e. The number of alkyl halides is 6. The molecule has 1 N–H and O–H groups in total. The van der Waals surface area contributed by atoms with Crippen LogP contribution in [-0.2, 0) is 23.7 Å². The van der Waals surface area contributed by atoms with E-state index in [9.17, 15) is 31.1 Å². The van der Waals surface area contributed by atoms with Crippen molar-refractivity contribution in [1.82, 2.24) is 10.2 Å². The number of benzene rings is 3. The van der Waals surface area contributed by atoms with Gasteiger partial charge in [0.25, 0.3) is 0 Å². The van der Waals surface area contributed by atoms with Crippen molar-refractivity contribution in [2.75, 3.05) is 39.4 Å². The van der Waals surface area contributed by atoms with Gasteiger partial charge in [0.05, 0.1) is 24.3 Å². The fourth-order valence-electron chi connectivity index (χ4n) is 4.71. The Labute approximate surface area is 268 Å². The molecule has 5 rings (SSSR count). The van der Waals surface area contributed by atoms with Crippen molar-refractivity contribution < 1.29 is 46.8 Å². The van der Waals surface area contributed by atoms with Crippen molar-refractivity contribution in [3.05, 3.63) is 95.6 Å². The summed E-state index contributed by atoms with van der Waals surface area (Å²) in [5.41, 5.74) is -0.428. The van der Waals surface area contributed by atoms with Gasteiger partial charge in [-0.15, -0.1) is 0 Å². The van der Waals surface area contributed by atoms with Crippen LogP contribution >= 0.6 is 0 Å². The van der Waals surface area contributed by atoms with Crippen LogP contribution in [0.2, 0.25) is 0 Å². The molecular weight excluding hydrogens is 614 g/mol. The summed E-state index contributed by atoms with van der Waals surface area (Å²) in [5.74, 6) is 1.45. The predicted octanol–water partition coefficient (Wildman–Crippen LogP) is 8.95. The number of nitrogens with one attached hydrogen (secondary N) is 1. The van der Waals surface area contributed by atoms with Crippen LogP contribution in [0.3, 0.4) is 0 Å². The highest BCUT2D eigenvalue weighted by atomic mass is 19.4. The molecule has 256 valence electrons. The maximum atomic E-state index is 12.6. The molecule has 2 saturated heterocycles. The summed E-state index contributed by atoms with van der Waals surface area (Å²) in [6.07, 6.45) is -7.18. The number of carbonyl (C=O) groups excluding carboxylic acids is 1. The Morgan fingerprint density at radius 3 is 1.76 bits per heavy atom. The van der Waals surface area contributed by atoms with Crippen LogP contribution in [0.15, 0.2) is 78.9 Å². The zero-order valence-electron chi connectivity index (χ0n) is 23.9. The number of rotatable bonds is 8. The highest BCUT2D eigenvalue weighted by Gasteiger charge is 2.31. The van der Waals surface area contributed by atoms with E-state index in [0.717, 1.165) is 55.8 Å². The Kier molecular flexibility index (Phi) is 14.7. The lowest BCUT2D eigenvalue weighted by atomic mass is 10.1. The highest BCUT2D eigenvalue weighted by Crippen LogP contribution is 2.31. The first-order valence-corrected chi connectivity index (χ1v) is 14.2. The summed E-state index contributed by atoms with van der Waals surface area (Å²) in [6, 6.07) is 18.9. The van der Waals surface area contributed by atoms with Gasteiger partial charge in [0.1, 0.15) is 18.1 Å². The standard InChI is InChI=1S/C20H20F3NO3.C12H14F3NO.2CH4.H2/c21-20(22,23)17-6-8-18(9-7-17)26-14-16-10-11-24(12-16)19(25)27-13-15-4-2-1-3-5-15;13-12(14,15)10-1-3-11(4-2-10)17-8-9-5-6-16-7-9;;;/h1-9,16H,10-14H2;1-4,9,16H,5-8H2;2*1H4;1H/t16-;9-;;;/m00.../s1. The molecule has 0 unspecified atom stereocenters. The van der Waals surface area contributed by atoms with Gasteiger partial charge >= 0.3 is 18.4 Å². The molecule has 1 amide bonds. The average Bonchev–Trinajstić information content (AvgIpc) is 3.71. The summed E-state index contributed by atoms with van der Waals surface area (Å²) in [5, 5.41) is 3.21. The number of nitrogens with zero attached hydrogens (tertiary/aromatic N) is 1. The first-order valence-electron chi connectivity index (χ1n) is 14.2. The van der Waals surface area contributed by atoms with E-state index in [0.29, 0.717) is 43.7 Å². The predicted molar refractivity (Wildman–Crippen MR) is 167 cm³/mol. The molecule has 0 aromatic heterocycles. The molecule has 3 aromatic carbocycles. The minimum absolute atomic E-state index is 0. The minimum atomic E-state index is -4.36. The Balaban J connectivity index is 0.000000482. The van der Waals surface area contributed by atoms with Gasteiger partial charge in [-0.1, -0.05) is 45.2 Å². The van der Waals surface area contributed by atoms with Crippen LogP contribution in [-0.4, -0.2) is 50.4 Å². The number of carbonyl (C=O) groups is 1. The van der Waals surface area contributed by atoms with Crippen molar-refractivity contribution in [3.8, 4) is 11.5 Å². The number of amides is 1. The molecular formula is C34H44F6N2O4. The lowest BCUT2D eigenvalue weighted by Gasteiger charge is -2.17. The van der Waals surface area contributed by atoms with Crippen LogP contribution in [0.4, 0.5) is 31.1 Å². The first kappa shape index (κ1) is 38.3. The monoisotopic (exact) mass is 658 g/mol. The van der Waals surface area contributed by atoms with Crippen molar-refractivity contribution in [3.63, 3.8) is 0 Å². The Morgan fingerprint density at radius 1 is 0.761 bits per heavy atom. The molecule has 0 bridgehead atoms. The van der Waals surface area contributed by atoms with E-state index in [1.54, 1.807) is 4.90 Å². The Morgan fingerprint density at radius 2 is 1.28 bits per heavy atom. The summed E-state index contributed by atoms with van der Waals surface area (Å²) >= 11 is 0. The number of ether oxygens (including phenoxy) is 3. The fourth-order valence-corrected chi connectivity index (χ4v) is 4.71. The summed E-state index contributed by atoms with van der Waals surface area (Å²) in [6.45, 7) is 4.11. The number of hydrogen-bond acceptors (Lipinski definition) is 5. The first-order chi connectivity index (χ1) is 21.0. The van der Waals surface area contributed by atoms with Crippen molar-refractivity contribution in [1.29, 1.82) is 0 Å². The van der Waals surface area contributed by atoms with Crippen molar-refractivity contribution in [2.45, 2.75) is 46.7 Å². The Hall–Kier alpha value is -3.93. The molecule has 2 atom stereocenters. The van der Waals surface area contributed by atoms with Gasteiger partial charge in [0.2, 0.25) is 0 Å². The van der Waals surface area contributed by atoms with E-state index in [2.05, 4.69) is 5.32 Å². The molecule has 0 saturated carbocycles. The lowest BCUT2D eigenvalue weighted by molar-refractivity contribution is -0.138. The lowest BCUT2D eigenvalue weighted by Crippen LogP contribution is -2.30. The van der Waals surface area contributed by atoms with Crippen LogP contribution in [0, 0.1) is 11.8 Å². The third-order valence-corrected chi connectivity index (χ3v) is 7.25. The fraction of sp³-hybridized carbons (Fsp3) is 0.441. The van der Waals surface area contributed by atoms with Gasteiger partial charge in [-0.25, -0.2) is 4.79 Å². The van der Waals surface area contributed by atoms with Crippen LogP contribution in [0.5, 0.6) is 11.5 Å². The molecule has 0 radical (unpaired) electrons. The third kappa shape index (κ3) is 12.1. The van der Waals surface area contributed by atoms with E-state index in [4.69, 9.17) is 14.2 Å². The largest absolute Gasteiger partial charge is 0.493 e. The summed E-state index contributed by atoms with van der Waals surface area (Å²) in [4.78, 5) is 13.8. The average molecular weight is 659 g/mol. The maximum Gasteiger partial charge on any atom is 0.416 e. The number of likely N-dealkylation sites (tertiary alicyclic amines) is 1. The van der Waals surface area contributed by atoms with E-state index < -0.39 is 23.5 Å². The van der Waals surface area contributed by atoms with Gasteiger partial charge in [0.15, 0.2) is 0 Å². The van der Waals surface area contributed by atoms with Crippen LogP contribution in [0.25, 0.3) is 0 Å². The van der Waals surface area contributed by atoms with Gasteiger partial charge in [-0.3, -0.25) is 0 Å². The van der Waals surface area contributed by atoms with Crippen LogP contribution < -0.4 is 14.8 Å². The van der Waals surface area contributed by atoms with Gasteiger partial charge in [0, 0.05) is 32.9 Å². The second-order valence-electron chi connectivity index (χ2n) is 10.7. The quantitative estimate of drug-likeness (QED) is 0.245. The normalized spacial score (nSPS) is 17.6. The molecule has 0 aliphatic carbocycles. The Bertz CT molecular complexity index is 1300. The summed E-state index contributed by atoms with van der Waals surface area (Å²) in [7, 11) is 0. The highest BCUT2D eigenvalue weighted by molar-refractivity contribution is 5.68. The zero-order chi connectivity index (χ0) is 31.6. The van der Waals surface area contributed by atoms with Gasteiger partial charge in [-0.2, -0.15) is 26.3 Å². The number of halogens is 6. The zero-order valence-corrected chi connectivity index (χ0v) is 23.9. The SMILES string of the molecule is C.C.FC(F)(F)c1ccc(OC[C@H]2CCNC2)cc1.O=C(OCc1ccccc1)N1CC[C@H](COc2ccc(C(F)(F)F)cc2)C1.[HH]. The number of hydrogen-bond donors (Lipinski definition) is 1. The molecule has 2 heterocycles. The van der Waals surface area contributed by atoms with E-state index in [1.807, 2.05) is 30.3 Å². The van der Waals surface area contributed by atoms with Crippen LogP contribution in [0.1, 0.15) is 45.8 Å². The van der Waals surface area contributed by atoms with Gasteiger partial charge in [-0.05, 0) is 73.5 Å². The minimum Gasteiger partial charge on any atom is -0.493 e. The molecule has 12 heteroatoms. The maximum absolute atomic E-state index is 12.6. The molecule has 2 aliphatic heterocycles. The van der Waals surface area contributed by atoms with E-state index in [1.165, 1.54) is 24.3 Å². The molecule has 0 spiro atoms. The second kappa shape index (κ2) is 17.7. The van der Waals surface area contributed by atoms with Gasteiger partial charge < -0.3 is 24.4 Å². The molecule has 2 fully saturated rings. The molecule has 3 aromatic rings. The third-order valence-electron chi connectivity index (χ3n) is 7.25. The summed E-state index contributed by atoms with van der Waals surface area (Å²) < 4.78 is 90.9.